The van der Waals surface area contributed by atoms with Crippen molar-refractivity contribution in [3.8, 4) is 0 Å². The van der Waals surface area contributed by atoms with Crippen LogP contribution in [0.25, 0.3) is 6.08 Å². The molecule has 0 spiro atoms. The number of aromatic nitrogens is 1. The normalized spacial score (nSPS) is 17.6. The van der Waals surface area contributed by atoms with E-state index in [4.69, 9.17) is 0 Å². The SMILES string of the molecule is CC(=O)CN1C(=O)S/C(=C\c2cccnc2)C1=O. The van der Waals surface area contributed by atoms with Crippen molar-refractivity contribution in [1.82, 2.24) is 9.88 Å². The first-order valence-corrected chi connectivity index (χ1v) is 6.04. The number of pyridine rings is 1. The quantitative estimate of drug-likeness (QED) is 0.776. The van der Waals surface area contributed by atoms with Gasteiger partial charge in [0.05, 0.1) is 11.4 Å². The van der Waals surface area contributed by atoms with Gasteiger partial charge in [-0.15, -0.1) is 0 Å². The molecule has 1 aliphatic heterocycles. The van der Waals surface area contributed by atoms with Crippen molar-refractivity contribution >= 4 is 34.8 Å². The van der Waals surface area contributed by atoms with Gasteiger partial charge in [0, 0.05) is 12.4 Å². The first kappa shape index (κ1) is 12.5. The van der Waals surface area contributed by atoms with Crippen LogP contribution in [0.1, 0.15) is 12.5 Å². The Balaban J connectivity index is 2.23. The van der Waals surface area contributed by atoms with Crippen molar-refractivity contribution in [3.05, 3.63) is 35.0 Å². The molecule has 0 aromatic carbocycles. The zero-order valence-corrected chi connectivity index (χ0v) is 10.4. The molecule has 18 heavy (non-hydrogen) atoms. The lowest BCUT2D eigenvalue weighted by Crippen LogP contribution is -2.32. The highest BCUT2D eigenvalue weighted by Gasteiger charge is 2.35. The first-order chi connectivity index (χ1) is 8.58. The first-order valence-electron chi connectivity index (χ1n) is 5.23. The maximum absolute atomic E-state index is 11.9. The minimum atomic E-state index is -0.427. The van der Waals surface area contributed by atoms with E-state index in [9.17, 15) is 14.4 Å². The molecule has 1 saturated heterocycles. The molecule has 1 fully saturated rings. The van der Waals surface area contributed by atoms with E-state index in [1.165, 1.54) is 6.92 Å². The molecule has 0 atom stereocenters. The van der Waals surface area contributed by atoms with Crippen molar-refractivity contribution in [2.24, 2.45) is 0 Å². The van der Waals surface area contributed by atoms with E-state index in [-0.39, 0.29) is 12.3 Å². The highest BCUT2D eigenvalue weighted by Crippen LogP contribution is 2.31. The number of Topliss-reactive ketones (excluding diaryl/α,β-unsaturated/α-hetero) is 1. The third-order valence-electron chi connectivity index (χ3n) is 2.24. The van der Waals surface area contributed by atoms with E-state index in [2.05, 4.69) is 4.98 Å². The van der Waals surface area contributed by atoms with Crippen molar-refractivity contribution in [3.63, 3.8) is 0 Å². The Morgan fingerprint density at radius 1 is 1.50 bits per heavy atom. The van der Waals surface area contributed by atoms with Crippen LogP contribution in [0.3, 0.4) is 0 Å². The minimum absolute atomic E-state index is 0.172. The fourth-order valence-electron chi connectivity index (χ4n) is 1.47. The molecule has 2 rings (SSSR count). The zero-order chi connectivity index (χ0) is 13.1. The van der Waals surface area contributed by atoms with Crippen LogP contribution in [0.15, 0.2) is 29.4 Å². The zero-order valence-electron chi connectivity index (χ0n) is 9.62. The van der Waals surface area contributed by atoms with Crippen LogP contribution in [-0.2, 0) is 9.59 Å². The largest absolute Gasteiger partial charge is 0.298 e. The Kier molecular flexibility index (Phi) is 3.57. The molecule has 5 nitrogen and oxygen atoms in total. The van der Waals surface area contributed by atoms with Crippen LogP contribution in [0.5, 0.6) is 0 Å². The van der Waals surface area contributed by atoms with Gasteiger partial charge in [0.2, 0.25) is 0 Å². The Morgan fingerprint density at radius 3 is 2.89 bits per heavy atom. The maximum Gasteiger partial charge on any atom is 0.293 e. The number of rotatable bonds is 3. The van der Waals surface area contributed by atoms with Crippen LogP contribution < -0.4 is 0 Å². The summed E-state index contributed by atoms with van der Waals surface area (Å²) >= 11 is 0.837. The van der Waals surface area contributed by atoms with Gasteiger partial charge in [-0.25, -0.2) is 0 Å². The molecule has 0 aliphatic carbocycles. The lowest BCUT2D eigenvalue weighted by atomic mass is 10.2. The van der Waals surface area contributed by atoms with Gasteiger partial charge in [-0.1, -0.05) is 6.07 Å². The molecule has 0 radical (unpaired) electrons. The second kappa shape index (κ2) is 5.14. The highest BCUT2D eigenvalue weighted by molar-refractivity contribution is 8.18. The predicted octanol–water partition coefficient (Wildman–Crippen LogP) is 1.71. The van der Waals surface area contributed by atoms with Gasteiger partial charge in [-0.2, -0.15) is 0 Å². The van der Waals surface area contributed by atoms with E-state index in [1.807, 2.05) is 0 Å². The fourth-order valence-corrected chi connectivity index (χ4v) is 2.31. The predicted molar refractivity (Wildman–Crippen MR) is 67.6 cm³/mol. The van der Waals surface area contributed by atoms with E-state index >= 15 is 0 Å². The second-order valence-corrected chi connectivity index (χ2v) is 4.75. The lowest BCUT2D eigenvalue weighted by molar-refractivity contribution is -0.127. The third-order valence-corrected chi connectivity index (χ3v) is 3.14. The fraction of sp³-hybridized carbons (Fsp3) is 0.167. The number of hydrogen-bond acceptors (Lipinski definition) is 5. The number of imide groups is 1. The summed E-state index contributed by atoms with van der Waals surface area (Å²) in [7, 11) is 0. The summed E-state index contributed by atoms with van der Waals surface area (Å²) in [4.78, 5) is 39.6. The van der Waals surface area contributed by atoms with Crippen molar-refractivity contribution in [2.45, 2.75) is 6.92 Å². The molecule has 0 unspecified atom stereocenters. The van der Waals surface area contributed by atoms with Gasteiger partial charge in [0.25, 0.3) is 11.1 Å². The molecule has 0 bridgehead atoms. The molecular weight excluding hydrogens is 252 g/mol. The minimum Gasteiger partial charge on any atom is -0.298 e. The lowest BCUT2D eigenvalue weighted by Gasteiger charge is -2.08. The molecule has 1 aromatic rings. The average molecular weight is 262 g/mol. The molecule has 1 aromatic heterocycles. The number of ketones is 1. The second-order valence-electron chi connectivity index (χ2n) is 3.76. The van der Waals surface area contributed by atoms with Crippen LogP contribution in [0, 0.1) is 0 Å². The number of carbonyl (C=O) groups is 3. The smallest absolute Gasteiger partial charge is 0.293 e. The standard InChI is InChI=1S/C12H10N2O3S/c1-8(15)7-14-11(16)10(18-12(14)17)5-9-3-2-4-13-6-9/h2-6H,7H2,1H3/b10-5-. The monoisotopic (exact) mass is 262 g/mol. The van der Waals surface area contributed by atoms with Gasteiger partial charge in [-0.3, -0.25) is 24.3 Å². The molecule has 2 amide bonds. The van der Waals surface area contributed by atoms with Gasteiger partial charge < -0.3 is 0 Å². The highest BCUT2D eigenvalue weighted by atomic mass is 32.2. The molecule has 0 saturated carbocycles. The van der Waals surface area contributed by atoms with Crippen molar-refractivity contribution < 1.29 is 14.4 Å². The Labute approximate surface area is 108 Å². The molecule has 1 aliphatic rings. The van der Waals surface area contributed by atoms with Gasteiger partial charge >= 0.3 is 0 Å². The Morgan fingerprint density at radius 2 is 2.28 bits per heavy atom. The van der Waals surface area contributed by atoms with Crippen LogP contribution >= 0.6 is 11.8 Å². The maximum atomic E-state index is 11.9. The number of amides is 2. The summed E-state index contributed by atoms with van der Waals surface area (Å²) in [6.45, 7) is 1.17. The number of hydrogen-bond donors (Lipinski definition) is 0. The average Bonchev–Trinajstić information content (AvgIpc) is 2.58. The van der Waals surface area contributed by atoms with Gasteiger partial charge in [0.1, 0.15) is 5.78 Å². The number of nitrogens with zero attached hydrogens (tertiary/aromatic N) is 2. The topological polar surface area (TPSA) is 67.3 Å². The Bertz CT molecular complexity index is 540. The van der Waals surface area contributed by atoms with Gasteiger partial charge in [0.15, 0.2) is 0 Å². The molecular formula is C12H10N2O3S. The number of carbonyl (C=O) groups excluding carboxylic acids is 3. The third kappa shape index (κ3) is 2.65. The molecule has 0 N–H and O–H groups in total. The Hall–Kier alpha value is -1.95. The van der Waals surface area contributed by atoms with E-state index in [0.717, 1.165) is 22.2 Å². The van der Waals surface area contributed by atoms with Crippen LogP contribution in [0.2, 0.25) is 0 Å². The summed E-state index contributed by atoms with van der Waals surface area (Å²) in [5, 5.41) is -0.412. The summed E-state index contributed by atoms with van der Waals surface area (Å²) in [6, 6.07) is 3.53. The summed E-state index contributed by atoms with van der Waals surface area (Å²) in [6.07, 6.45) is 4.82. The van der Waals surface area contributed by atoms with E-state index in [0.29, 0.717) is 4.91 Å². The van der Waals surface area contributed by atoms with E-state index < -0.39 is 11.1 Å². The van der Waals surface area contributed by atoms with E-state index in [1.54, 1.807) is 30.6 Å². The molecule has 6 heteroatoms. The van der Waals surface area contributed by atoms with Crippen LogP contribution in [0.4, 0.5) is 4.79 Å². The summed E-state index contributed by atoms with van der Waals surface area (Å²) in [5.41, 5.74) is 0.742. The summed E-state index contributed by atoms with van der Waals surface area (Å²) in [5.74, 6) is -0.649. The van der Waals surface area contributed by atoms with Crippen molar-refractivity contribution in [2.75, 3.05) is 6.54 Å². The van der Waals surface area contributed by atoms with Gasteiger partial charge in [-0.05, 0) is 36.4 Å². The molecule has 92 valence electrons. The van der Waals surface area contributed by atoms with Crippen LogP contribution in [-0.4, -0.2) is 33.4 Å². The number of thioether (sulfide) groups is 1. The molecule has 2 heterocycles. The summed E-state index contributed by atoms with van der Waals surface area (Å²) < 4.78 is 0. The van der Waals surface area contributed by atoms with Crippen molar-refractivity contribution in [1.29, 1.82) is 0 Å².